The zero-order valence-electron chi connectivity index (χ0n) is 17.7. The number of nitrogens with zero attached hydrogens (tertiary/aromatic N) is 1. The number of benzene rings is 2. The molecule has 162 valence electrons. The van der Waals surface area contributed by atoms with E-state index < -0.39 is 0 Å². The van der Waals surface area contributed by atoms with Crippen LogP contribution in [0.3, 0.4) is 0 Å². The summed E-state index contributed by atoms with van der Waals surface area (Å²) < 4.78 is 7.30. The molecule has 1 aromatic heterocycles. The molecule has 1 saturated carbocycles. The van der Waals surface area contributed by atoms with Gasteiger partial charge in [0.25, 0.3) is 5.91 Å². The van der Waals surface area contributed by atoms with Gasteiger partial charge in [-0.1, -0.05) is 41.9 Å². The van der Waals surface area contributed by atoms with E-state index in [1.54, 1.807) is 11.3 Å². The van der Waals surface area contributed by atoms with Gasteiger partial charge in [0, 0.05) is 39.7 Å². The van der Waals surface area contributed by atoms with Crippen molar-refractivity contribution < 1.29 is 9.53 Å². The number of carbonyl (C=O) groups is 1. The Labute approximate surface area is 193 Å². The van der Waals surface area contributed by atoms with Crippen LogP contribution in [0.2, 0.25) is 5.02 Å². The van der Waals surface area contributed by atoms with E-state index in [1.807, 2.05) is 29.6 Å². The second-order valence-corrected chi connectivity index (χ2v) is 10.2. The third kappa shape index (κ3) is 4.39. The Balaban J connectivity index is 1.38. The molecule has 1 saturated heterocycles. The van der Waals surface area contributed by atoms with Crippen molar-refractivity contribution in [2.45, 2.75) is 56.6 Å². The summed E-state index contributed by atoms with van der Waals surface area (Å²) in [5.74, 6) is 0.166. The fourth-order valence-corrected chi connectivity index (χ4v) is 6.30. The predicted molar refractivity (Wildman–Crippen MR) is 128 cm³/mol. The molecular formula is C26H28ClNO2S. The largest absolute Gasteiger partial charge is 0.375 e. The van der Waals surface area contributed by atoms with Crippen molar-refractivity contribution in [2.75, 3.05) is 13.2 Å². The van der Waals surface area contributed by atoms with Crippen LogP contribution in [0.15, 0.2) is 53.9 Å². The highest BCUT2D eigenvalue weighted by atomic mass is 35.5. The van der Waals surface area contributed by atoms with Crippen molar-refractivity contribution in [1.29, 1.82) is 0 Å². The molecule has 3 nitrogen and oxygen atoms in total. The number of amides is 1. The van der Waals surface area contributed by atoms with Gasteiger partial charge in [-0.3, -0.25) is 4.79 Å². The van der Waals surface area contributed by atoms with Crippen LogP contribution in [0.4, 0.5) is 0 Å². The number of hydrogen-bond acceptors (Lipinski definition) is 3. The summed E-state index contributed by atoms with van der Waals surface area (Å²) in [6.07, 6.45) is 7.35. The van der Waals surface area contributed by atoms with Crippen LogP contribution in [-0.2, 0) is 11.2 Å². The molecule has 0 radical (unpaired) electrons. The quantitative estimate of drug-likeness (QED) is 0.428. The molecular weight excluding hydrogens is 426 g/mol. The lowest BCUT2D eigenvalue weighted by Gasteiger charge is -2.41. The molecule has 1 aliphatic carbocycles. The molecule has 2 heterocycles. The second-order valence-electron chi connectivity index (χ2n) is 8.89. The third-order valence-corrected chi connectivity index (χ3v) is 8.23. The van der Waals surface area contributed by atoms with Crippen LogP contribution in [-0.4, -0.2) is 35.6 Å². The summed E-state index contributed by atoms with van der Waals surface area (Å²) in [5.41, 5.74) is 2.13. The van der Waals surface area contributed by atoms with Crippen LogP contribution < -0.4 is 0 Å². The van der Waals surface area contributed by atoms with Gasteiger partial charge in [-0.25, -0.2) is 0 Å². The number of fused-ring (bicyclic) bond motifs is 1. The maximum atomic E-state index is 13.8. The van der Waals surface area contributed by atoms with Crippen molar-refractivity contribution in [3.63, 3.8) is 0 Å². The molecule has 5 rings (SSSR count). The topological polar surface area (TPSA) is 29.5 Å². The van der Waals surface area contributed by atoms with E-state index in [4.69, 9.17) is 16.3 Å². The molecule has 31 heavy (non-hydrogen) atoms. The lowest BCUT2D eigenvalue weighted by Crippen LogP contribution is -2.46. The van der Waals surface area contributed by atoms with Crippen LogP contribution in [0, 0.1) is 0 Å². The second kappa shape index (κ2) is 8.93. The minimum Gasteiger partial charge on any atom is -0.375 e. The predicted octanol–water partition coefficient (Wildman–Crippen LogP) is 6.73. The van der Waals surface area contributed by atoms with Gasteiger partial charge in [-0.2, -0.15) is 0 Å². The van der Waals surface area contributed by atoms with Gasteiger partial charge >= 0.3 is 0 Å². The van der Waals surface area contributed by atoms with E-state index in [0.29, 0.717) is 0 Å². The minimum absolute atomic E-state index is 0.0798. The normalized spacial score (nSPS) is 23.5. The summed E-state index contributed by atoms with van der Waals surface area (Å²) in [4.78, 5) is 15.9. The Morgan fingerprint density at radius 3 is 2.61 bits per heavy atom. The number of rotatable bonds is 5. The van der Waals surface area contributed by atoms with Gasteiger partial charge in [-0.05, 0) is 68.7 Å². The average molecular weight is 454 g/mol. The summed E-state index contributed by atoms with van der Waals surface area (Å²) in [5, 5.41) is 3.85. The van der Waals surface area contributed by atoms with E-state index in [2.05, 4.69) is 29.2 Å². The summed E-state index contributed by atoms with van der Waals surface area (Å²) in [6, 6.07) is 16.5. The first kappa shape index (κ1) is 21.0. The molecule has 2 aliphatic rings. The lowest BCUT2D eigenvalue weighted by molar-refractivity contribution is -0.0398. The molecule has 0 bridgehead atoms. The van der Waals surface area contributed by atoms with Crippen molar-refractivity contribution in [1.82, 2.24) is 4.90 Å². The molecule has 2 aromatic carbocycles. The summed E-state index contributed by atoms with van der Waals surface area (Å²) >= 11 is 7.71. The van der Waals surface area contributed by atoms with E-state index in [0.717, 1.165) is 61.2 Å². The number of thiophene rings is 1. The van der Waals surface area contributed by atoms with Crippen LogP contribution in [0.5, 0.6) is 0 Å². The maximum Gasteiger partial charge on any atom is 0.255 e. The van der Waals surface area contributed by atoms with E-state index >= 15 is 0 Å². The maximum absolute atomic E-state index is 13.8. The Morgan fingerprint density at radius 1 is 1.10 bits per heavy atom. The van der Waals surface area contributed by atoms with Crippen molar-refractivity contribution >= 4 is 38.9 Å². The number of hydrogen-bond donors (Lipinski definition) is 0. The fourth-order valence-electron chi connectivity index (χ4n) is 5.24. The Kier molecular flexibility index (Phi) is 6.05. The number of ether oxygens (including phenoxy) is 1. The number of carbonyl (C=O) groups excluding carboxylic acids is 1. The van der Waals surface area contributed by atoms with Gasteiger partial charge < -0.3 is 9.64 Å². The van der Waals surface area contributed by atoms with Gasteiger partial charge in [0.15, 0.2) is 0 Å². The minimum atomic E-state index is 0.0798. The highest BCUT2D eigenvalue weighted by Gasteiger charge is 2.41. The first-order valence-corrected chi connectivity index (χ1v) is 12.5. The lowest BCUT2D eigenvalue weighted by atomic mass is 9.79. The molecule has 1 spiro atoms. The fraction of sp³-hybridized carbons (Fsp3) is 0.423. The van der Waals surface area contributed by atoms with E-state index in [-0.39, 0.29) is 17.6 Å². The SMILES string of the molecule is O=C(c1csc2ccccc12)N(CCc1ccc(Cl)cc1)C1CCC2(CCCO2)CC1. The van der Waals surface area contributed by atoms with Gasteiger partial charge in [-0.15, -0.1) is 11.3 Å². The molecule has 0 N–H and O–H groups in total. The third-order valence-electron chi connectivity index (χ3n) is 7.02. The van der Waals surface area contributed by atoms with Crippen LogP contribution in [0.1, 0.15) is 54.4 Å². The molecule has 1 amide bonds. The Morgan fingerprint density at radius 2 is 1.87 bits per heavy atom. The highest BCUT2D eigenvalue weighted by Crippen LogP contribution is 2.41. The zero-order chi connectivity index (χ0) is 21.3. The van der Waals surface area contributed by atoms with Crippen molar-refractivity contribution in [3.05, 3.63) is 70.1 Å². The molecule has 1 aliphatic heterocycles. The first-order chi connectivity index (χ1) is 15.1. The molecule has 5 heteroatoms. The monoisotopic (exact) mass is 453 g/mol. The van der Waals surface area contributed by atoms with Gasteiger partial charge in [0.05, 0.1) is 11.2 Å². The molecule has 0 atom stereocenters. The standard InChI is InChI=1S/C26H28ClNO2S/c27-20-8-6-19(7-9-20)12-16-28(21-10-14-26(15-11-21)13-3-17-30-26)25(29)23-18-31-24-5-2-1-4-22(23)24/h1-2,4-9,18,21H,3,10-17H2. The first-order valence-electron chi connectivity index (χ1n) is 11.3. The molecule has 0 unspecified atom stereocenters. The molecule has 2 fully saturated rings. The van der Waals surface area contributed by atoms with Crippen molar-refractivity contribution in [3.8, 4) is 0 Å². The molecule has 3 aromatic rings. The highest BCUT2D eigenvalue weighted by molar-refractivity contribution is 7.17. The summed E-state index contributed by atoms with van der Waals surface area (Å²) in [6.45, 7) is 1.62. The smallest absolute Gasteiger partial charge is 0.255 e. The van der Waals surface area contributed by atoms with Gasteiger partial charge in [0.1, 0.15) is 0 Å². The van der Waals surface area contributed by atoms with Gasteiger partial charge in [0.2, 0.25) is 0 Å². The summed E-state index contributed by atoms with van der Waals surface area (Å²) in [7, 11) is 0. The Hall–Kier alpha value is -1.88. The van der Waals surface area contributed by atoms with Crippen molar-refractivity contribution in [2.24, 2.45) is 0 Å². The zero-order valence-corrected chi connectivity index (χ0v) is 19.3. The Bertz CT molecular complexity index is 1040. The number of halogens is 1. The van der Waals surface area contributed by atoms with Crippen LogP contribution in [0.25, 0.3) is 10.1 Å². The van der Waals surface area contributed by atoms with Crippen LogP contribution >= 0.6 is 22.9 Å². The van der Waals surface area contributed by atoms with E-state index in [1.165, 1.54) is 23.1 Å². The van der Waals surface area contributed by atoms with E-state index in [9.17, 15) is 4.79 Å². The average Bonchev–Trinajstić information content (AvgIpc) is 3.43.